The molecule has 1 atom stereocenters. The van der Waals surface area contributed by atoms with Crippen molar-refractivity contribution >= 4 is 17.8 Å². The van der Waals surface area contributed by atoms with E-state index in [1.807, 2.05) is 47.0 Å². The first-order valence-corrected chi connectivity index (χ1v) is 12.4. The van der Waals surface area contributed by atoms with Crippen molar-refractivity contribution in [3.63, 3.8) is 0 Å². The van der Waals surface area contributed by atoms with Crippen LogP contribution in [0, 0.1) is 17.8 Å². The highest BCUT2D eigenvalue weighted by atomic mass is 16.5. The molecule has 1 aromatic carbocycles. The Balaban J connectivity index is 1.25. The third-order valence-electron chi connectivity index (χ3n) is 6.77. The number of nitrogens with zero attached hydrogens (tertiary/aromatic N) is 3. The molecule has 0 unspecified atom stereocenters. The fourth-order valence-electron chi connectivity index (χ4n) is 4.76. The van der Waals surface area contributed by atoms with E-state index in [0.717, 1.165) is 36.8 Å². The monoisotopic (exact) mass is 489 g/mol. The maximum Gasteiger partial charge on any atom is 0.408 e. The molecule has 2 aromatic heterocycles. The average molecular weight is 490 g/mol. The van der Waals surface area contributed by atoms with Crippen LogP contribution in [0.3, 0.4) is 0 Å². The highest BCUT2D eigenvalue weighted by Gasteiger charge is 2.48. The molecule has 5 rings (SSSR count). The zero-order chi connectivity index (χ0) is 24.9. The number of carbonyl (C=O) groups is 2. The fraction of sp³-hybridized carbons (Fsp3) is 0.407. The molecular formula is C27H31N5O4. The molecule has 0 spiro atoms. The Kier molecular flexibility index (Phi) is 7.16. The van der Waals surface area contributed by atoms with Crippen molar-refractivity contribution in [3.05, 3.63) is 72.3 Å². The molecule has 9 nitrogen and oxygen atoms in total. The number of ether oxygens (including phenoxy) is 2. The van der Waals surface area contributed by atoms with Gasteiger partial charge in [0.05, 0.1) is 20.0 Å². The first kappa shape index (κ1) is 23.8. The van der Waals surface area contributed by atoms with E-state index >= 15 is 0 Å². The summed E-state index contributed by atoms with van der Waals surface area (Å²) in [6.45, 7) is 0.654. The van der Waals surface area contributed by atoms with E-state index in [4.69, 9.17) is 9.47 Å². The van der Waals surface area contributed by atoms with Crippen molar-refractivity contribution in [2.45, 2.75) is 44.9 Å². The van der Waals surface area contributed by atoms with Crippen molar-refractivity contribution in [1.82, 2.24) is 19.9 Å². The summed E-state index contributed by atoms with van der Waals surface area (Å²) in [4.78, 5) is 34.7. The molecule has 36 heavy (non-hydrogen) atoms. The van der Waals surface area contributed by atoms with Crippen molar-refractivity contribution in [2.24, 2.45) is 17.8 Å². The third kappa shape index (κ3) is 6.02. The number of carbonyl (C=O) groups excluding carboxylic acids is 2. The lowest BCUT2D eigenvalue weighted by Crippen LogP contribution is -2.50. The van der Waals surface area contributed by atoms with Gasteiger partial charge >= 0.3 is 6.09 Å². The van der Waals surface area contributed by atoms with Crippen LogP contribution in [0.4, 0.5) is 10.6 Å². The number of imidazole rings is 1. The van der Waals surface area contributed by atoms with Crippen LogP contribution in [0.5, 0.6) is 5.88 Å². The second kappa shape index (κ2) is 10.8. The lowest BCUT2D eigenvalue weighted by molar-refractivity contribution is -0.119. The number of rotatable bonds is 11. The number of alkyl carbamates (subject to hydrolysis) is 1. The Morgan fingerprint density at radius 1 is 1.06 bits per heavy atom. The summed E-state index contributed by atoms with van der Waals surface area (Å²) in [5.74, 6) is 1.73. The van der Waals surface area contributed by atoms with Gasteiger partial charge in [-0.3, -0.25) is 4.79 Å². The van der Waals surface area contributed by atoms with E-state index in [0.29, 0.717) is 30.1 Å². The number of anilines is 1. The van der Waals surface area contributed by atoms with Gasteiger partial charge < -0.3 is 24.7 Å². The molecule has 2 fully saturated rings. The van der Waals surface area contributed by atoms with Gasteiger partial charge in [-0.1, -0.05) is 36.4 Å². The summed E-state index contributed by atoms with van der Waals surface area (Å²) in [5, 5.41) is 5.79. The molecule has 2 aliphatic rings. The Labute approximate surface area is 210 Å². The molecule has 9 heteroatoms. The molecule has 2 amide bonds. The highest BCUT2D eigenvalue weighted by molar-refractivity contribution is 5.96. The van der Waals surface area contributed by atoms with Crippen LogP contribution in [-0.4, -0.2) is 39.7 Å². The molecule has 2 saturated carbocycles. The van der Waals surface area contributed by atoms with Gasteiger partial charge in [0.15, 0.2) is 5.82 Å². The van der Waals surface area contributed by atoms with Crippen LogP contribution in [0.15, 0.2) is 61.2 Å². The quantitative estimate of drug-likeness (QED) is 0.422. The van der Waals surface area contributed by atoms with Crippen LogP contribution >= 0.6 is 0 Å². The minimum absolute atomic E-state index is 0.107. The van der Waals surface area contributed by atoms with Crippen molar-refractivity contribution < 1.29 is 19.1 Å². The molecule has 0 bridgehead atoms. The summed E-state index contributed by atoms with van der Waals surface area (Å²) < 4.78 is 12.6. The Hall–Kier alpha value is -3.88. The van der Waals surface area contributed by atoms with Gasteiger partial charge in [-0.05, 0) is 55.1 Å². The van der Waals surface area contributed by atoms with Crippen LogP contribution < -0.4 is 15.4 Å². The van der Waals surface area contributed by atoms with E-state index in [9.17, 15) is 9.59 Å². The zero-order valence-corrected chi connectivity index (χ0v) is 20.3. The van der Waals surface area contributed by atoms with Crippen LogP contribution in [-0.2, 0) is 22.7 Å². The summed E-state index contributed by atoms with van der Waals surface area (Å²) in [5.41, 5.74) is 1.80. The standard InChI is InChI=1S/C27H31N5O4/c1-35-26-21(8-5-13-28-26)14-32-15-22(29-17-32)30-25(33)24(23(19-9-10-19)20-11-12-20)31-27(34)36-16-18-6-3-2-4-7-18/h2-8,13,15,17,19-20,23-24H,9-12,14,16H2,1H3,(H,30,33)(H,31,34)/t24-/m0/s1. The Morgan fingerprint density at radius 3 is 2.50 bits per heavy atom. The summed E-state index contributed by atoms with van der Waals surface area (Å²) in [6, 6.07) is 12.6. The van der Waals surface area contributed by atoms with Gasteiger partial charge in [-0.25, -0.2) is 14.8 Å². The SMILES string of the molecule is COc1ncccc1Cn1cnc(NC(=O)[C@@H](NC(=O)OCc2ccccc2)C(C2CC2)C2CC2)c1. The van der Waals surface area contributed by atoms with Crippen LogP contribution in [0.1, 0.15) is 36.8 Å². The second-order valence-corrected chi connectivity index (χ2v) is 9.53. The number of pyridine rings is 1. The summed E-state index contributed by atoms with van der Waals surface area (Å²) >= 11 is 0. The second-order valence-electron chi connectivity index (χ2n) is 9.53. The minimum atomic E-state index is -0.670. The summed E-state index contributed by atoms with van der Waals surface area (Å²) in [7, 11) is 1.58. The Morgan fingerprint density at radius 2 is 1.81 bits per heavy atom. The molecule has 3 aromatic rings. The van der Waals surface area contributed by atoms with E-state index < -0.39 is 12.1 Å². The van der Waals surface area contributed by atoms with E-state index in [-0.39, 0.29) is 18.4 Å². The molecule has 0 radical (unpaired) electrons. The zero-order valence-electron chi connectivity index (χ0n) is 20.3. The number of benzene rings is 1. The Bertz CT molecular complexity index is 1180. The maximum absolute atomic E-state index is 13.4. The van der Waals surface area contributed by atoms with E-state index in [2.05, 4.69) is 20.6 Å². The summed E-state index contributed by atoms with van der Waals surface area (Å²) in [6.07, 6.45) is 8.87. The number of nitrogens with one attached hydrogen (secondary N) is 2. The van der Waals surface area contributed by atoms with Gasteiger partial charge in [0, 0.05) is 18.0 Å². The lowest BCUT2D eigenvalue weighted by Gasteiger charge is -2.26. The lowest BCUT2D eigenvalue weighted by atomic mass is 9.89. The highest BCUT2D eigenvalue weighted by Crippen LogP contribution is 2.50. The van der Waals surface area contributed by atoms with Crippen LogP contribution in [0.2, 0.25) is 0 Å². The van der Waals surface area contributed by atoms with Crippen molar-refractivity contribution in [1.29, 1.82) is 0 Å². The predicted molar refractivity (Wildman–Crippen MR) is 133 cm³/mol. The predicted octanol–water partition coefficient (Wildman–Crippen LogP) is 4.00. The fourth-order valence-corrected chi connectivity index (χ4v) is 4.76. The molecular weight excluding hydrogens is 458 g/mol. The average Bonchev–Trinajstić information content (AvgIpc) is 3.84. The number of aromatic nitrogens is 3. The molecule has 2 aliphatic carbocycles. The van der Waals surface area contributed by atoms with Gasteiger partial charge in [-0.2, -0.15) is 0 Å². The van der Waals surface area contributed by atoms with Crippen molar-refractivity contribution in [3.8, 4) is 5.88 Å². The van der Waals surface area contributed by atoms with E-state index in [1.54, 1.807) is 25.8 Å². The molecule has 0 aliphatic heterocycles. The first-order chi connectivity index (χ1) is 17.6. The van der Waals surface area contributed by atoms with Gasteiger partial charge in [-0.15, -0.1) is 0 Å². The first-order valence-electron chi connectivity index (χ1n) is 12.4. The smallest absolute Gasteiger partial charge is 0.408 e. The van der Waals surface area contributed by atoms with Gasteiger partial charge in [0.1, 0.15) is 12.6 Å². The molecule has 0 saturated heterocycles. The number of hydrogen-bond donors (Lipinski definition) is 2. The van der Waals surface area contributed by atoms with Gasteiger partial charge in [0.25, 0.3) is 0 Å². The number of amides is 2. The number of hydrogen-bond acceptors (Lipinski definition) is 6. The normalized spacial score (nSPS) is 15.8. The molecule has 2 heterocycles. The topological polar surface area (TPSA) is 107 Å². The number of methoxy groups -OCH3 is 1. The van der Waals surface area contributed by atoms with Crippen LogP contribution in [0.25, 0.3) is 0 Å². The van der Waals surface area contributed by atoms with Crippen molar-refractivity contribution in [2.75, 3.05) is 12.4 Å². The third-order valence-corrected chi connectivity index (χ3v) is 6.77. The molecule has 2 N–H and O–H groups in total. The molecule has 188 valence electrons. The van der Waals surface area contributed by atoms with Gasteiger partial charge in [0.2, 0.25) is 11.8 Å². The largest absolute Gasteiger partial charge is 0.481 e. The minimum Gasteiger partial charge on any atom is -0.481 e. The van der Waals surface area contributed by atoms with E-state index in [1.165, 1.54) is 0 Å². The maximum atomic E-state index is 13.4.